The fourth-order valence-corrected chi connectivity index (χ4v) is 3.15. The molecule has 132 valence electrons. The fourth-order valence-electron chi connectivity index (χ4n) is 2.85. The first kappa shape index (κ1) is 16.2. The molecule has 0 aliphatic rings. The molecule has 5 rings (SSSR count). The fraction of sp³-hybridized carbons (Fsp3) is 0. The molecule has 5 aromatic rings. The van der Waals surface area contributed by atoms with Gasteiger partial charge in [0.1, 0.15) is 12.1 Å². The van der Waals surface area contributed by atoms with Gasteiger partial charge in [-0.05, 0) is 42.5 Å². The van der Waals surface area contributed by atoms with Crippen molar-refractivity contribution in [1.82, 2.24) is 29.4 Å². The van der Waals surface area contributed by atoms with E-state index in [0.717, 1.165) is 10.9 Å². The van der Waals surface area contributed by atoms with Crippen molar-refractivity contribution < 1.29 is 4.39 Å². The minimum Gasteiger partial charge on any atom is -0.216 e. The lowest BCUT2D eigenvalue weighted by atomic mass is 10.2. The molecule has 0 radical (unpaired) electrons. The van der Waals surface area contributed by atoms with Gasteiger partial charge in [0.25, 0.3) is 0 Å². The molecule has 0 amide bonds. The van der Waals surface area contributed by atoms with Crippen LogP contribution in [0.15, 0.2) is 55.0 Å². The van der Waals surface area contributed by atoms with Gasteiger partial charge >= 0.3 is 0 Å². The van der Waals surface area contributed by atoms with Crippen LogP contribution in [0.25, 0.3) is 33.8 Å². The van der Waals surface area contributed by atoms with Crippen molar-refractivity contribution in [2.45, 2.75) is 0 Å². The summed E-state index contributed by atoms with van der Waals surface area (Å²) in [6.45, 7) is 0. The molecular formula is C18H9Cl2FN6. The number of nitrogens with zero attached hydrogens (tertiary/aromatic N) is 6. The van der Waals surface area contributed by atoms with Crippen LogP contribution in [0.5, 0.6) is 0 Å². The first-order chi connectivity index (χ1) is 13.1. The van der Waals surface area contributed by atoms with Crippen molar-refractivity contribution in [1.29, 1.82) is 0 Å². The second kappa shape index (κ2) is 6.00. The van der Waals surface area contributed by atoms with Gasteiger partial charge < -0.3 is 0 Å². The van der Waals surface area contributed by atoms with E-state index in [2.05, 4.69) is 20.2 Å². The third-order valence-electron chi connectivity index (χ3n) is 4.15. The Hall–Kier alpha value is -3.03. The number of aromatic nitrogens is 6. The first-order valence-electron chi connectivity index (χ1n) is 7.90. The minimum atomic E-state index is -0.311. The average Bonchev–Trinajstić information content (AvgIpc) is 3.28. The summed E-state index contributed by atoms with van der Waals surface area (Å²) in [6, 6.07) is 11.2. The largest absolute Gasteiger partial charge is 0.216 e. The van der Waals surface area contributed by atoms with Gasteiger partial charge in [-0.1, -0.05) is 23.2 Å². The summed E-state index contributed by atoms with van der Waals surface area (Å²) in [5, 5.41) is 10.4. The smallest absolute Gasteiger partial charge is 0.182 e. The Morgan fingerprint density at radius 1 is 0.926 bits per heavy atom. The number of fused-ring (bicyclic) bond motifs is 3. The average molecular weight is 399 g/mol. The molecule has 0 aliphatic carbocycles. The van der Waals surface area contributed by atoms with Crippen LogP contribution >= 0.6 is 23.2 Å². The molecule has 0 saturated heterocycles. The van der Waals surface area contributed by atoms with Gasteiger partial charge in [0.2, 0.25) is 0 Å². The molecule has 27 heavy (non-hydrogen) atoms. The Morgan fingerprint density at radius 3 is 2.52 bits per heavy atom. The Labute approximate surface area is 161 Å². The Kier molecular flexibility index (Phi) is 3.60. The summed E-state index contributed by atoms with van der Waals surface area (Å²) >= 11 is 12.1. The Bertz CT molecular complexity index is 1310. The van der Waals surface area contributed by atoms with Crippen LogP contribution in [0.3, 0.4) is 0 Å². The van der Waals surface area contributed by atoms with E-state index in [-0.39, 0.29) is 5.82 Å². The Morgan fingerprint density at radius 2 is 1.74 bits per heavy atom. The summed E-state index contributed by atoms with van der Waals surface area (Å²) in [6.07, 6.45) is 3.22. The molecule has 0 saturated carbocycles. The minimum absolute atomic E-state index is 0.311. The summed E-state index contributed by atoms with van der Waals surface area (Å²) in [7, 11) is 0. The molecule has 2 aromatic carbocycles. The highest BCUT2D eigenvalue weighted by Crippen LogP contribution is 2.28. The monoisotopic (exact) mass is 398 g/mol. The van der Waals surface area contributed by atoms with E-state index in [1.807, 2.05) is 0 Å². The lowest BCUT2D eigenvalue weighted by Crippen LogP contribution is -1.99. The van der Waals surface area contributed by atoms with Gasteiger partial charge in [0, 0.05) is 5.56 Å². The van der Waals surface area contributed by atoms with Gasteiger partial charge in [-0.3, -0.25) is 0 Å². The highest BCUT2D eigenvalue weighted by Gasteiger charge is 2.15. The van der Waals surface area contributed by atoms with Gasteiger partial charge in [-0.15, -0.1) is 5.10 Å². The molecule has 9 heteroatoms. The molecule has 6 nitrogen and oxygen atoms in total. The van der Waals surface area contributed by atoms with Gasteiger partial charge in [-0.2, -0.15) is 5.10 Å². The van der Waals surface area contributed by atoms with Crippen molar-refractivity contribution in [3.8, 4) is 17.1 Å². The van der Waals surface area contributed by atoms with Crippen molar-refractivity contribution in [3.05, 3.63) is 70.9 Å². The van der Waals surface area contributed by atoms with Crippen LogP contribution in [0.4, 0.5) is 4.39 Å². The second-order valence-corrected chi connectivity index (χ2v) is 6.66. The molecule has 0 unspecified atom stereocenters. The zero-order valence-corrected chi connectivity index (χ0v) is 15.0. The van der Waals surface area contributed by atoms with Crippen molar-refractivity contribution >= 4 is 39.9 Å². The number of halogens is 3. The van der Waals surface area contributed by atoms with Gasteiger partial charge in [0.05, 0.1) is 27.3 Å². The lowest BCUT2D eigenvalue weighted by molar-refractivity contribution is 0.627. The van der Waals surface area contributed by atoms with E-state index < -0.39 is 0 Å². The molecule has 0 atom stereocenters. The summed E-state index contributed by atoms with van der Waals surface area (Å²) < 4.78 is 16.4. The predicted octanol–water partition coefficient (Wildman–Crippen LogP) is 4.58. The maximum absolute atomic E-state index is 13.2. The van der Waals surface area contributed by atoms with Crippen molar-refractivity contribution in [2.24, 2.45) is 0 Å². The van der Waals surface area contributed by atoms with Crippen molar-refractivity contribution in [2.75, 3.05) is 0 Å². The summed E-state index contributed by atoms with van der Waals surface area (Å²) in [5.41, 5.74) is 2.65. The van der Waals surface area contributed by atoms with E-state index in [9.17, 15) is 4.39 Å². The second-order valence-electron chi connectivity index (χ2n) is 5.85. The molecule has 0 spiro atoms. The topological polar surface area (TPSA) is 60.9 Å². The quantitative estimate of drug-likeness (QED) is 0.436. The SMILES string of the molecule is Fc1ccc(-n2ncc3c2ncn2nc(-c4ccc(Cl)c(Cl)c4)nc32)cc1. The molecule has 0 N–H and O–H groups in total. The van der Waals surface area contributed by atoms with Crippen LogP contribution in [0, 0.1) is 5.82 Å². The number of hydrogen-bond acceptors (Lipinski definition) is 4. The molecule has 0 aliphatic heterocycles. The molecule has 0 bridgehead atoms. The third kappa shape index (κ3) is 2.63. The molecular weight excluding hydrogens is 390 g/mol. The maximum atomic E-state index is 13.2. The third-order valence-corrected chi connectivity index (χ3v) is 4.89. The summed E-state index contributed by atoms with van der Waals surface area (Å²) in [5.74, 6) is 0.187. The standard InChI is InChI=1S/C18H9Cl2FN6/c19-14-6-1-10(7-15(14)20)16-24-18-13-8-23-27(12-4-2-11(21)3-5-12)17(13)22-9-26(18)25-16/h1-9H. The normalized spacial score (nSPS) is 11.5. The number of benzene rings is 2. The first-order valence-corrected chi connectivity index (χ1v) is 8.66. The molecule has 0 fully saturated rings. The predicted molar refractivity (Wildman–Crippen MR) is 101 cm³/mol. The van der Waals surface area contributed by atoms with Crippen LogP contribution in [-0.2, 0) is 0 Å². The molecule has 3 aromatic heterocycles. The van der Waals surface area contributed by atoms with Crippen molar-refractivity contribution in [3.63, 3.8) is 0 Å². The highest BCUT2D eigenvalue weighted by atomic mass is 35.5. The van der Waals surface area contributed by atoms with Crippen LogP contribution in [0.2, 0.25) is 10.0 Å². The highest BCUT2D eigenvalue weighted by molar-refractivity contribution is 6.42. The number of rotatable bonds is 2. The summed E-state index contributed by atoms with van der Waals surface area (Å²) in [4.78, 5) is 9.03. The Balaban J connectivity index is 1.68. The zero-order valence-electron chi connectivity index (χ0n) is 13.5. The maximum Gasteiger partial charge on any atom is 0.182 e. The van der Waals surface area contributed by atoms with E-state index in [1.165, 1.54) is 12.1 Å². The van der Waals surface area contributed by atoms with E-state index in [0.29, 0.717) is 32.9 Å². The van der Waals surface area contributed by atoms with Gasteiger partial charge in [-0.25, -0.2) is 23.6 Å². The van der Waals surface area contributed by atoms with E-state index >= 15 is 0 Å². The lowest BCUT2D eigenvalue weighted by Gasteiger charge is -2.02. The van der Waals surface area contributed by atoms with Crippen LogP contribution < -0.4 is 0 Å². The molecule has 3 heterocycles. The van der Waals surface area contributed by atoms with E-state index in [4.69, 9.17) is 23.2 Å². The van der Waals surface area contributed by atoms with E-state index in [1.54, 1.807) is 52.1 Å². The van der Waals surface area contributed by atoms with Crippen LogP contribution in [0.1, 0.15) is 0 Å². The van der Waals surface area contributed by atoms with Gasteiger partial charge in [0.15, 0.2) is 17.1 Å². The zero-order chi connectivity index (χ0) is 18.5. The van der Waals surface area contributed by atoms with Crippen LogP contribution in [-0.4, -0.2) is 29.4 Å². The number of hydrogen-bond donors (Lipinski definition) is 0.